The lowest BCUT2D eigenvalue weighted by molar-refractivity contribution is -0.161. The number of aliphatic hydroxyl groups is 1. The maximum absolute atomic E-state index is 13.1. The summed E-state index contributed by atoms with van der Waals surface area (Å²) >= 11 is 0. The fourth-order valence-corrected chi connectivity index (χ4v) is 10.9. The molecule has 0 aliphatic rings. The SMILES string of the molecule is CC/C=C\C/C=C\C/C=C\C/C=C\C/C=C\CCCC(=O)OCC(COP(=O)(O)OCC(O)COP(=O)(O)OCC(COC(=O)CCCC/C=C\C/C=C\C/C=C\C/C=C\CC)OC(=O)CCCCCCCCCCCCCCC)OC(=O)CCCC/C=C\C/C=C\C/C=C\C/C=C\CC. The van der Waals surface area contributed by atoms with Gasteiger partial charge in [-0.25, -0.2) is 9.13 Å². The monoisotopic (exact) mass is 1440 g/mol. The third-order valence-corrected chi connectivity index (χ3v) is 16.9. The Morgan fingerprint density at radius 3 is 0.840 bits per heavy atom. The first-order chi connectivity index (χ1) is 48.7. The molecule has 0 fully saturated rings. The lowest BCUT2D eigenvalue weighted by Gasteiger charge is -2.21. The Morgan fingerprint density at radius 2 is 0.530 bits per heavy atom. The molecule has 568 valence electrons. The summed E-state index contributed by atoms with van der Waals surface area (Å²) in [5, 5.41) is 10.6. The van der Waals surface area contributed by atoms with E-state index >= 15 is 0 Å². The van der Waals surface area contributed by atoms with Gasteiger partial charge in [0.15, 0.2) is 12.2 Å². The number of phosphoric ester groups is 2. The number of rotatable bonds is 69. The summed E-state index contributed by atoms with van der Waals surface area (Å²) in [4.78, 5) is 72.8. The van der Waals surface area contributed by atoms with Crippen molar-refractivity contribution in [1.29, 1.82) is 0 Å². The fourth-order valence-electron chi connectivity index (χ4n) is 9.35. The number of unbranched alkanes of at least 4 members (excludes halogenated alkanes) is 17. The minimum Gasteiger partial charge on any atom is -0.462 e. The average molecular weight is 1440 g/mol. The number of hydrogen-bond donors (Lipinski definition) is 3. The van der Waals surface area contributed by atoms with Gasteiger partial charge in [0.1, 0.15) is 19.3 Å². The van der Waals surface area contributed by atoms with E-state index in [1.165, 1.54) is 51.4 Å². The Labute approximate surface area is 604 Å². The predicted octanol–water partition coefficient (Wildman–Crippen LogP) is 21.7. The number of carbonyl (C=O) groups is 4. The zero-order valence-electron chi connectivity index (χ0n) is 61.8. The lowest BCUT2D eigenvalue weighted by Crippen LogP contribution is -2.30. The summed E-state index contributed by atoms with van der Waals surface area (Å²) in [6.45, 7) is 4.34. The molecule has 100 heavy (non-hydrogen) atoms. The molecule has 0 spiro atoms. The molecule has 3 N–H and O–H groups in total. The Bertz CT molecular complexity index is 2520. The molecule has 5 atom stereocenters. The van der Waals surface area contributed by atoms with Crippen LogP contribution in [0.15, 0.2) is 158 Å². The summed E-state index contributed by atoms with van der Waals surface area (Å²) in [5.41, 5.74) is 0. The number of phosphoric acid groups is 2. The van der Waals surface area contributed by atoms with Gasteiger partial charge in [0, 0.05) is 25.7 Å². The second kappa shape index (κ2) is 72.0. The van der Waals surface area contributed by atoms with E-state index in [9.17, 15) is 43.2 Å². The van der Waals surface area contributed by atoms with Crippen LogP contribution in [0.25, 0.3) is 0 Å². The molecule has 0 heterocycles. The van der Waals surface area contributed by atoms with Crippen LogP contribution in [0.3, 0.4) is 0 Å². The van der Waals surface area contributed by atoms with Crippen LogP contribution in [0.5, 0.6) is 0 Å². The summed E-state index contributed by atoms with van der Waals surface area (Å²) in [7, 11) is -10.00. The van der Waals surface area contributed by atoms with Crippen molar-refractivity contribution >= 4 is 39.5 Å². The van der Waals surface area contributed by atoms with Crippen LogP contribution in [-0.4, -0.2) is 96.7 Å². The number of esters is 4. The molecule has 0 aromatic carbocycles. The van der Waals surface area contributed by atoms with Gasteiger partial charge in [0.25, 0.3) is 0 Å². The second-order valence-corrected chi connectivity index (χ2v) is 27.4. The van der Waals surface area contributed by atoms with Crippen molar-refractivity contribution in [1.82, 2.24) is 0 Å². The van der Waals surface area contributed by atoms with Crippen LogP contribution < -0.4 is 0 Å². The average Bonchev–Trinajstić information content (AvgIpc) is 1.06. The highest BCUT2D eigenvalue weighted by molar-refractivity contribution is 7.47. The van der Waals surface area contributed by atoms with E-state index in [2.05, 4.69) is 174 Å². The van der Waals surface area contributed by atoms with E-state index in [-0.39, 0.29) is 25.7 Å². The highest BCUT2D eigenvalue weighted by Gasteiger charge is 2.30. The first-order valence-electron chi connectivity index (χ1n) is 37.7. The Balaban J connectivity index is 5.48. The first kappa shape index (κ1) is 94.7. The van der Waals surface area contributed by atoms with E-state index in [1.54, 1.807) is 0 Å². The van der Waals surface area contributed by atoms with E-state index in [0.717, 1.165) is 128 Å². The van der Waals surface area contributed by atoms with Crippen LogP contribution in [0.1, 0.15) is 272 Å². The normalized spacial score (nSPS) is 14.8. The molecule has 0 aliphatic carbocycles. The molecule has 19 heteroatoms. The summed E-state index contributed by atoms with van der Waals surface area (Å²) in [6, 6.07) is 0. The van der Waals surface area contributed by atoms with Gasteiger partial charge in [-0.1, -0.05) is 263 Å². The number of hydrogen-bond acceptors (Lipinski definition) is 15. The smallest absolute Gasteiger partial charge is 0.462 e. The van der Waals surface area contributed by atoms with E-state index in [4.69, 9.17) is 37.0 Å². The van der Waals surface area contributed by atoms with E-state index in [0.29, 0.717) is 38.5 Å². The summed E-state index contributed by atoms with van der Waals surface area (Å²) in [6.07, 6.45) is 82.6. The van der Waals surface area contributed by atoms with E-state index in [1.807, 2.05) is 12.2 Å². The van der Waals surface area contributed by atoms with Crippen molar-refractivity contribution in [3.63, 3.8) is 0 Å². The number of aliphatic hydroxyl groups excluding tert-OH is 1. The lowest BCUT2D eigenvalue weighted by atomic mass is 10.0. The molecule has 0 amide bonds. The van der Waals surface area contributed by atoms with Gasteiger partial charge in [-0.05, 0) is 141 Å². The third-order valence-electron chi connectivity index (χ3n) is 15.0. The molecule has 0 aromatic heterocycles. The maximum atomic E-state index is 13.1. The molecule has 5 unspecified atom stereocenters. The van der Waals surface area contributed by atoms with Crippen LogP contribution in [0.2, 0.25) is 0 Å². The van der Waals surface area contributed by atoms with Crippen LogP contribution in [0, 0.1) is 0 Å². The second-order valence-electron chi connectivity index (χ2n) is 24.5. The topological polar surface area (TPSA) is 237 Å². The Morgan fingerprint density at radius 1 is 0.290 bits per heavy atom. The van der Waals surface area contributed by atoms with Gasteiger partial charge in [-0.15, -0.1) is 0 Å². The van der Waals surface area contributed by atoms with Gasteiger partial charge in [0.2, 0.25) is 0 Å². The summed E-state index contributed by atoms with van der Waals surface area (Å²) < 4.78 is 68.3. The molecule has 0 bridgehead atoms. The highest BCUT2D eigenvalue weighted by atomic mass is 31.2. The van der Waals surface area contributed by atoms with Crippen LogP contribution >= 0.6 is 15.6 Å². The molecule has 0 saturated heterocycles. The maximum Gasteiger partial charge on any atom is 0.472 e. The Hall–Kier alpha value is -5.32. The zero-order chi connectivity index (χ0) is 73.2. The van der Waals surface area contributed by atoms with Crippen LogP contribution in [0.4, 0.5) is 0 Å². The van der Waals surface area contributed by atoms with E-state index < -0.39 is 97.5 Å². The van der Waals surface area contributed by atoms with Crippen molar-refractivity contribution in [3.8, 4) is 0 Å². The fraction of sp³-hybridized carbons (Fsp3) is 0.630. The molecule has 0 aromatic rings. The largest absolute Gasteiger partial charge is 0.472 e. The van der Waals surface area contributed by atoms with Crippen LogP contribution in [-0.2, 0) is 65.4 Å². The van der Waals surface area contributed by atoms with Crippen molar-refractivity contribution in [3.05, 3.63) is 158 Å². The molecule has 0 saturated carbocycles. The quantitative estimate of drug-likeness (QED) is 0.0169. The van der Waals surface area contributed by atoms with Crippen molar-refractivity contribution in [2.24, 2.45) is 0 Å². The number of allylic oxidation sites excluding steroid dienone is 26. The standard InChI is InChI=1S/C81H132O17P2/c1-5-9-13-17-21-25-29-33-36-37-40-43-46-50-54-58-62-66-79(84)92-72-77(98-81(86)68-64-60-56-52-48-44-39-35-31-27-23-19-15-11-7-3)74-96-100(89,90)94-70-75(82)69-93-99(87,88)95-73-76(97-80(85)67-63-59-55-51-47-41-32-28-24-20-16-12-8-4)71-91-78(83)65-61-57-53-49-45-42-38-34-30-26-22-18-14-10-6-2/h9-11,13-15,21-23,25-27,33-36,38-40,43,45,48-50,52,54,75-77,82H,5-8,12,16-20,24,28-32,37,41-42,44,46-47,51,53,55-74H2,1-4H3,(H,87,88)(H,89,90)/b13-9-,14-10-,15-11-,25-21-,26-22-,27-23-,36-33-,38-34-,39-35-,43-40-,49-45-,52-48-,54-50-. The Kier molecular flexibility index (Phi) is 68.2. The zero-order valence-corrected chi connectivity index (χ0v) is 63.6. The van der Waals surface area contributed by atoms with Gasteiger partial charge in [-0.2, -0.15) is 0 Å². The van der Waals surface area contributed by atoms with Crippen molar-refractivity contribution in [2.45, 2.75) is 290 Å². The van der Waals surface area contributed by atoms with Gasteiger partial charge >= 0.3 is 39.5 Å². The highest BCUT2D eigenvalue weighted by Crippen LogP contribution is 2.45. The van der Waals surface area contributed by atoms with Gasteiger partial charge < -0.3 is 33.8 Å². The summed E-state index contributed by atoms with van der Waals surface area (Å²) in [5.74, 6) is -2.35. The molecule has 0 radical (unpaired) electrons. The van der Waals surface area contributed by atoms with Gasteiger partial charge in [0.05, 0.1) is 26.4 Å². The number of ether oxygens (including phenoxy) is 4. The van der Waals surface area contributed by atoms with Gasteiger partial charge in [-0.3, -0.25) is 37.3 Å². The van der Waals surface area contributed by atoms with Crippen molar-refractivity contribution in [2.75, 3.05) is 39.6 Å². The molecule has 0 aliphatic heterocycles. The molecule has 17 nitrogen and oxygen atoms in total. The molecular formula is C81H132O17P2. The minimum atomic E-state index is -5.01. The molecular weight excluding hydrogens is 1310 g/mol. The molecule has 0 rings (SSSR count). The first-order valence-corrected chi connectivity index (χ1v) is 40.7. The third kappa shape index (κ3) is 71.1. The minimum absolute atomic E-state index is 0.0243. The van der Waals surface area contributed by atoms with Crippen molar-refractivity contribution < 1.29 is 80.2 Å². The predicted molar refractivity (Wildman–Crippen MR) is 408 cm³/mol. The number of carbonyl (C=O) groups excluding carboxylic acids is 4.